The maximum Gasteiger partial charge on any atom is 0.262 e. The first-order valence-corrected chi connectivity index (χ1v) is 17.8. The Labute approximate surface area is 304 Å². The second-order valence-corrected chi connectivity index (χ2v) is 13.8. The van der Waals surface area contributed by atoms with Crippen molar-refractivity contribution in [2.75, 3.05) is 36.0 Å². The van der Waals surface area contributed by atoms with Crippen molar-refractivity contribution < 1.29 is 28.7 Å². The lowest BCUT2D eigenvalue weighted by Crippen LogP contribution is -2.59. The molecule has 3 aliphatic heterocycles. The SMILES string of the molecule is N#Cc1ccc(OC2CCC(N3C(=O)CCC(N4C(=O)c5ccc(N6CCN(c7ccc(C(N)=O)cn7)CC6)cc5C4=O)C3=O)CC2)c2cccnc12. The fourth-order valence-corrected chi connectivity index (χ4v) is 7.99. The van der Waals surface area contributed by atoms with Crippen molar-refractivity contribution in [1.29, 1.82) is 5.26 Å². The van der Waals surface area contributed by atoms with Gasteiger partial charge in [0.15, 0.2) is 0 Å². The van der Waals surface area contributed by atoms with Gasteiger partial charge in [-0.15, -0.1) is 0 Å². The van der Waals surface area contributed by atoms with Gasteiger partial charge in [0.05, 0.1) is 33.9 Å². The number of aromatic nitrogens is 2. The summed E-state index contributed by atoms with van der Waals surface area (Å²) in [6, 6.07) is 16.5. The number of rotatable bonds is 7. The van der Waals surface area contributed by atoms with E-state index in [4.69, 9.17) is 10.5 Å². The van der Waals surface area contributed by atoms with Gasteiger partial charge in [0.25, 0.3) is 17.7 Å². The Hall–Kier alpha value is -6.36. The molecule has 14 nitrogen and oxygen atoms in total. The average Bonchev–Trinajstić information content (AvgIpc) is 3.43. The van der Waals surface area contributed by atoms with Crippen molar-refractivity contribution in [3.63, 3.8) is 0 Å². The molecule has 1 saturated carbocycles. The number of imide groups is 2. The van der Waals surface area contributed by atoms with Gasteiger partial charge >= 0.3 is 0 Å². The molecule has 2 aromatic carbocycles. The maximum atomic E-state index is 14.0. The van der Waals surface area contributed by atoms with Crippen LogP contribution in [0.4, 0.5) is 11.5 Å². The fraction of sp³-hybridized carbons (Fsp3) is 0.333. The monoisotopic (exact) mass is 712 g/mol. The number of nitrogens with two attached hydrogens (primary N) is 1. The van der Waals surface area contributed by atoms with Gasteiger partial charge in [-0.1, -0.05) is 0 Å². The Balaban J connectivity index is 0.914. The van der Waals surface area contributed by atoms with Gasteiger partial charge in [0.2, 0.25) is 11.8 Å². The van der Waals surface area contributed by atoms with E-state index in [9.17, 15) is 29.2 Å². The highest BCUT2D eigenvalue weighted by Crippen LogP contribution is 2.36. The molecule has 1 unspecified atom stereocenters. The standard InChI is InChI=1S/C39H36N8O6/c40-21-23-3-12-32(29-2-1-15-42-35(23)29)53-27-8-5-25(6-9-27)46-34(48)14-11-31(39(46)52)47-37(50)28-10-7-26(20-30(28)38(47)51)44-16-18-45(19-17-44)33-13-4-24(22-43-33)36(41)49/h1-4,7,10,12-13,15,20,22,25,27,31H,5-6,8-9,11,14,16-19H2,(H2,41,49). The van der Waals surface area contributed by atoms with E-state index in [-0.39, 0.29) is 42.0 Å². The fourth-order valence-electron chi connectivity index (χ4n) is 7.99. The number of nitriles is 1. The minimum Gasteiger partial charge on any atom is -0.490 e. The van der Waals surface area contributed by atoms with Crippen molar-refractivity contribution >= 4 is 51.9 Å². The van der Waals surface area contributed by atoms with Crippen molar-refractivity contribution in [2.24, 2.45) is 5.73 Å². The van der Waals surface area contributed by atoms with Gasteiger partial charge < -0.3 is 20.3 Å². The van der Waals surface area contributed by atoms with E-state index in [2.05, 4.69) is 25.8 Å². The number of carbonyl (C=O) groups is 5. The van der Waals surface area contributed by atoms with E-state index >= 15 is 0 Å². The summed E-state index contributed by atoms with van der Waals surface area (Å²) >= 11 is 0. The molecule has 5 amide bonds. The Morgan fingerprint density at radius 2 is 1.58 bits per heavy atom. The number of hydrogen-bond acceptors (Lipinski definition) is 11. The molecule has 3 fully saturated rings. The van der Waals surface area contributed by atoms with E-state index in [1.807, 2.05) is 12.1 Å². The smallest absolute Gasteiger partial charge is 0.262 e. The summed E-state index contributed by atoms with van der Waals surface area (Å²) in [4.78, 5) is 81.4. The number of carbonyl (C=O) groups excluding carboxylic acids is 5. The molecule has 4 aromatic rings. The molecular formula is C39H36N8O6. The summed E-state index contributed by atoms with van der Waals surface area (Å²) in [6.45, 7) is 2.57. The number of likely N-dealkylation sites (tertiary alicyclic amines) is 1. The minimum atomic E-state index is -1.06. The van der Waals surface area contributed by atoms with Gasteiger partial charge in [0, 0.05) is 62.1 Å². The quantitative estimate of drug-likeness (QED) is 0.277. The third-order valence-electron chi connectivity index (χ3n) is 10.8. The molecule has 268 valence electrons. The van der Waals surface area contributed by atoms with Crippen LogP contribution in [0.2, 0.25) is 0 Å². The third kappa shape index (κ3) is 6.07. The first kappa shape index (κ1) is 33.8. The first-order chi connectivity index (χ1) is 25.7. The summed E-state index contributed by atoms with van der Waals surface area (Å²) < 4.78 is 6.36. The second kappa shape index (κ2) is 13.6. The third-order valence-corrected chi connectivity index (χ3v) is 10.8. The molecule has 1 aliphatic carbocycles. The van der Waals surface area contributed by atoms with Gasteiger partial charge in [-0.2, -0.15) is 5.26 Å². The summed E-state index contributed by atoms with van der Waals surface area (Å²) in [5, 5.41) is 10.2. The maximum absolute atomic E-state index is 14.0. The second-order valence-electron chi connectivity index (χ2n) is 13.8. The molecule has 2 aromatic heterocycles. The largest absolute Gasteiger partial charge is 0.490 e. The number of benzene rings is 2. The molecule has 0 spiro atoms. The lowest BCUT2D eigenvalue weighted by molar-refractivity contribution is -0.155. The zero-order chi connectivity index (χ0) is 36.8. The molecular weight excluding hydrogens is 676 g/mol. The highest BCUT2D eigenvalue weighted by Gasteiger charge is 2.49. The highest BCUT2D eigenvalue weighted by atomic mass is 16.5. The Bertz CT molecular complexity index is 2200. The number of amides is 5. The van der Waals surface area contributed by atoms with E-state index in [1.54, 1.807) is 48.7 Å². The van der Waals surface area contributed by atoms with Crippen LogP contribution in [0.5, 0.6) is 5.75 Å². The van der Waals surface area contributed by atoms with Crippen LogP contribution in [0.3, 0.4) is 0 Å². The number of ether oxygens (including phenoxy) is 1. The van der Waals surface area contributed by atoms with Crippen LogP contribution in [0.15, 0.2) is 67.0 Å². The zero-order valence-corrected chi connectivity index (χ0v) is 28.8. The Kier molecular flexibility index (Phi) is 8.69. The summed E-state index contributed by atoms with van der Waals surface area (Å²) in [5.41, 5.74) is 8.00. The molecule has 0 radical (unpaired) electrons. The van der Waals surface area contributed by atoms with Crippen LogP contribution < -0.4 is 20.3 Å². The van der Waals surface area contributed by atoms with E-state index in [0.29, 0.717) is 74.3 Å². The average molecular weight is 713 g/mol. The topological polar surface area (TPSA) is 183 Å². The molecule has 14 heteroatoms. The van der Waals surface area contributed by atoms with Gasteiger partial charge in [-0.05, 0) is 86.7 Å². The van der Waals surface area contributed by atoms with Crippen LogP contribution in [0, 0.1) is 11.3 Å². The molecule has 8 rings (SSSR count). The predicted octanol–water partition coefficient (Wildman–Crippen LogP) is 3.43. The molecule has 2 N–H and O–H groups in total. The van der Waals surface area contributed by atoms with Crippen LogP contribution in [-0.4, -0.2) is 93.7 Å². The van der Waals surface area contributed by atoms with Crippen molar-refractivity contribution in [1.82, 2.24) is 19.8 Å². The summed E-state index contributed by atoms with van der Waals surface area (Å²) in [7, 11) is 0. The van der Waals surface area contributed by atoms with E-state index in [0.717, 1.165) is 21.8 Å². The van der Waals surface area contributed by atoms with Crippen molar-refractivity contribution in [3.05, 3.63) is 89.2 Å². The molecule has 53 heavy (non-hydrogen) atoms. The molecule has 4 aliphatic rings. The Morgan fingerprint density at radius 1 is 0.830 bits per heavy atom. The van der Waals surface area contributed by atoms with E-state index < -0.39 is 29.7 Å². The highest BCUT2D eigenvalue weighted by molar-refractivity contribution is 6.23. The number of nitrogens with zero attached hydrogens (tertiary/aromatic N) is 7. The number of piperazine rings is 1. The minimum absolute atomic E-state index is 0.0557. The zero-order valence-electron chi connectivity index (χ0n) is 28.8. The van der Waals surface area contributed by atoms with Crippen LogP contribution in [0.1, 0.15) is 75.2 Å². The molecule has 1 atom stereocenters. The first-order valence-electron chi connectivity index (χ1n) is 17.8. The van der Waals surface area contributed by atoms with Crippen LogP contribution in [0.25, 0.3) is 10.9 Å². The van der Waals surface area contributed by atoms with Gasteiger partial charge in [-0.25, -0.2) is 4.98 Å². The molecule has 5 heterocycles. The molecule has 0 bridgehead atoms. The summed E-state index contributed by atoms with van der Waals surface area (Å²) in [6.07, 6.45) is 5.31. The Morgan fingerprint density at radius 3 is 2.30 bits per heavy atom. The molecule has 2 saturated heterocycles. The number of piperidine rings is 1. The predicted molar refractivity (Wildman–Crippen MR) is 192 cm³/mol. The van der Waals surface area contributed by atoms with Crippen molar-refractivity contribution in [2.45, 2.75) is 56.7 Å². The lowest BCUT2D eigenvalue weighted by atomic mass is 9.89. The van der Waals surface area contributed by atoms with Crippen LogP contribution in [-0.2, 0) is 9.59 Å². The summed E-state index contributed by atoms with van der Waals surface area (Å²) in [5.74, 6) is -1.04. The number of hydrogen-bond donors (Lipinski definition) is 1. The van der Waals surface area contributed by atoms with E-state index in [1.165, 1.54) is 11.1 Å². The lowest BCUT2D eigenvalue weighted by Gasteiger charge is -2.41. The van der Waals surface area contributed by atoms with Crippen LogP contribution >= 0.6 is 0 Å². The van der Waals surface area contributed by atoms with Crippen molar-refractivity contribution in [3.8, 4) is 11.8 Å². The number of fused-ring (bicyclic) bond motifs is 2. The van der Waals surface area contributed by atoms with Gasteiger partial charge in [-0.3, -0.25) is 38.8 Å². The number of primary amides is 1. The van der Waals surface area contributed by atoms with Gasteiger partial charge in [0.1, 0.15) is 23.7 Å². The number of anilines is 2. The normalized spacial score (nSPS) is 21.9. The number of pyridine rings is 2.